The molecule has 19 heavy (non-hydrogen) atoms. The number of aliphatic hydroxyl groups is 1. The second-order valence-electron chi connectivity index (χ2n) is 5.42. The highest BCUT2D eigenvalue weighted by Crippen LogP contribution is 2.24. The van der Waals surface area contributed by atoms with Crippen LogP contribution in [0, 0.1) is 0 Å². The van der Waals surface area contributed by atoms with Gasteiger partial charge in [0.2, 0.25) is 0 Å². The SMILES string of the molecule is CCCCCCCCCC[C@@H](Br)[C@@H]1OC[C@H](CO)O1. The zero-order chi connectivity index (χ0) is 13.9. The molecule has 0 aromatic heterocycles. The first-order valence-electron chi connectivity index (χ1n) is 7.80. The van der Waals surface area contributed by atoms with Crippen molar-refractivity contribution in [2.45, 2.75) is 81.9 Å². The molecule has 4 heteroatoms. The standard InChI is InChI=1S/C15H29BrO3/c1-2-3-4-5-6-7-8-9-10-14(16)15-18-12-13(11-17)19-15/h13-15,17H,2-12H2,1H3/t13-,14+,15+/m0/s1. The molecule has 1 heterocycles. The Morgan fingerprint density at radius 3 is 2.32 bits per heavy atom. The molecule has 1 fully saturated rings. The molecule has 3 nitrogen and oxygen atoms in total. The lowest BCUT2D eigenvalue weighted by atomic mass is 10.1. The largest absolute Gasteiger partial charge is 0.394 e. The number of hydrogen-bond acceptors (Lipinski definition) is 3. The minimum Gasteiger partial charge on any atom is -0.394 e. The third kappa shape index (κ3) is 7.64. The number of ether oxygens (including phenoxy) is 2. The van der Waals surface area contributed by atoms with Gasteiger partial charge in [-0.3, -0.25) is 0 Å². The molecule has 1 saturated heterocycles. The smallest absolute Gasteiger partial charge is 0.170 e. The van der Waals surface area contributed by atoms with Crippen LogP contribution in [0.25, 0.3) is 0 Å². The highest BCUT2D eigenvalue weighted by molar-refractivity contribution is 9.09. The molecule has 0 saturated carbocycles. The van der Waals surface area contributed by atoms with Crippen LogP contribution in [-0.4, -0.2) is 35.5 Å². The third-order valence-electron chi connectivity index (χ3n) is 3.61. The zero-order valence-corrected chi connectivity index (χ0v) is 13.7. The van der Waals surface area contributed by atoms with Gasteiger partial charge in [-0.05, 0) is 6.42 Å². The lowest BCUT2D eigenvalue weighted by Gasteiger charge is -2.16. The molecule has 0 bridgehead atoms. The molecule has 1 aliphatic rings. The second kappa shape index (κ2) is 11.1. The summed E-state index contributed by atoms with van der Waals surface area (Å²) in [7, 11) is 0. The lowest BCUT2D eigenvalue weighted by molar-refractivity contribution is -0.0646. The van der Waals surface area contributed by atoms with Gasteiger partial charge in [0.05, 0.1) is 18.0 Å². The van der Waals surface area contributed by atoms with E-state index >= 15 is 0 Å². The van der Waals surface area contributed by atoms with Crippen molar-refractivity contribution < 1.29 is 14.6 Å². The van der Waals surface area contributed by atoms with Crippen molar-refractivity contribution >= 4 is 15.9 Å². The summed E-state index contributed by atoms with van der Waals surface area (Å²) in [6.07, 6.45) is 11.5. The molecule has 3 atom stereocenters. The first-order valence-corrected chi connectivity index (χ1v) is 8.71. The molecule has 1 aliphatic heterocycles. The topological polar surface area (TPSA) is 38.7 Å². The number of unbranched alkanes of at least 4 members (excludes halogenated alkanes) is 7. The summed E-state index contributed by atoms with van der Waals surface area (Å²) in [6.45, 7) is 2.82. The zero-order valence-electron chi connectivity index (χ0n) is 12.2. The first-order chi connectivity index (χ1) is 9.27. The van der Waals surface area contributed by atoms with Crippen LogP contribution in [0.1, 0.15) is 64.7 Å². The van der Waals surface area contributed by atoms with Gasteiger partial charge in [-0.25, -0.2) is 0 Å². The molecule has 1 rings (SSSR count). The van der Waals surface area contributed by atoms with Gasteiger partial charge in [-0.15, -0.1) is 0 Å². The Labute approximate surface area is 126 Å². The van der Waals surface area contributed by atoms with Crippen LogP contribution in [0.2, 0.25) is 0 Å². The van der Waals surface area contributed by atoms with E-state index in [0.717, 1.165) is 6.42 Å². The maximum Gasteiger partial charge on any atom is 0.170 e. The molecular formula is C15H29BrO3. The van der Waals surface area contributed by atoms with Gasteiger partial charge in [0.1, 0.15) is 6.10 Å². The van der Waals surface area contributed by atoms with Crippen molar-refractivity contribution in [1.82, 2.24) is 0 Å². The van der Waals surface area contributed by atoms with Gasteiger partial charge >= 0.3 is 0 Å². The maximum atomic E-state index is 8.98. The van der Waals surface area contributed by atoms with E-state index in [1.807, 2.05) is 0 Å². The minimum absolute atomic E-state index is 0.0496. The van der Waals surface area contributed by atoms with Crippen LogP contribution in [-0.2, 0) is 9.47 Å². The fourth-order valence-electron chi connectivity index (χ4n) is 2.37. The number of rotatable bonds is 11. The molecule has 0 aliphatic carbocycles. The normalized spacial score (nSPS) is 24.8. The van der Waals surface area contributed by atoms with Crippen molar-refractivity contribution in [1.29, 1.82) is 0 Å². The van der Waals surface area contributed by atoms with Crippen LogP contribution < -0.4 is 0 Å². The van der Waals surface area contributed by atoms with E-state index in [0.29, 0.717) is 6.61 Å². The van der Waals surface area contributed by atoms with E-state index in [2.05, 4.69) is 22.9 Å². The summed E-state index contributed by atoms with van der Waals surface area (Å²) in [5, 5.41) is 8.98. The van der Waals surface area contributed by atoms with E-state index < -0.39 is 0 Å². The molecular weight excluding hydrogens is 308 g/mol. The van der Waals surface area contributed by atoms with Crippen molar-refractivity contribution in [3.05, 3.63) is 0 Å². The summed E-state index contributed by atoms with van der Waals surface area (Å²) >= 11 is 3.63. The second-order valence-corrected chi connectivity index (χ2v) is 6.60. The Hall–Kier alpha value is 0.360. The molecule has 1 N–H and O–H groups in total. The van der Waals surface area contributed by atoms with E-state index in [9.17, 15) is 0 Å². The lowest BCUT2D eigenvalue weighted by Crippen LogP contribution is -2.23. The van der Waals surface area contributed by atoms with Gasteiger partial charge in [0, 0.05) is 0 Å². The van der Waals surface area contributed by atoms with Crippen LogP contribution in [0.3, 0.4) is 0 Å². The molecule has 0 radical (unpaired) electrons. The van der Waals surface area contributed by atoms with Gasteiger partial charge in [-0.1, -0.05) is 74.2 Å². The number of aliphatic hydroxyl groups excluding tert-OH is 1. The number of hydrogen-bond donors (Lipinski definition) is 1. The van der Waals surface area contributed by atoms with Gasteiger partial charge < -0.3 is 14.6 Å². The summed E-state index contributed by atoms with van der Waals surface area (Å²) in [6, 6.07) is 0. The molecule has 0 spiro atoms. The number of alkyl halides is 1. The molecule has 0 aromatic rings. The van der Waals surface area contributed by atoms with Crippen molar-refractivity contribution in [2.75, 3.05) is 13.2 Å². The van der Waals surface area contributed by atoms with Crippen molar-refractivity contribution in [3.63, 3.8) is 0 Å². The molecule has 0 aromatic carbocycles. The summed E-state index contributed by atoms with van der Waals surface area (Å²) in [4.78, 5) is 0.254. The highest BCUT2D eigenvalue weighted by atomic mass is 79.9. The summed E-state index contributed by atoms with van der Waals surface area (Å²) in [5.41, 5.74) is 0. The van der Waals surface area contributed by atoms with Crippen LogP contribution >= 0.6 is 15.9 Å². The van der Waals surface area contributed by atoms with Gasteiger partial charge in [0.25, 0.3) is 0 Å². The average molecular weight is 337 g/mol. The molecule has 0 unspecified atom stereocenters. The maximum absolute atomic E-state index is 8.98. The number of halogens is 1. The monoisotopic (exact) mass is 336 g/mol. The predicted molar refractivity (Wildman–Crippen MR) is 81.6 cm³/mol. The van der Waals surface area contributed by atoms with E-state index in [4.69, 9.17) is 14.6 Å². The Kier molecular flexibility index (Phi) is 10.1. The van der Waals surface area contributed by atoms with Gasteiger partial charge in [0.15, 0.2) is 6.29 Å². The van der Waals surface area contributed by atoms with Crippen LogP contribution in [0.4, 0.5) is 0 Å². The van der Waals surface area contributed by atoms with E-state index in [1.54, 1.807) is 0 Å². The molecule has 0 amide bonds. The van der Waals surface area contributed by atoms with Crippen molar-refractivity contribution in [3.8, 4) is 0 Å². The fraction of sp³-hybridized carbons (Fsp3) is 1.00. The molecule has 114 valence electrons. The van der Waals surface area contributed by atoms with E-state index in [-0.39, 0.29) is 23.8 Å². The summed E-state index contributed by atoms with van der Waals surface area (Å²) < 4.78 is 11.1. The van der Waals surface area contributed by atoms with Crippen molar-refractivity contribution in [2.24, 2.45) is 0 Å². The summed E-state index contributed by atoms with van der Waals surface area (Å²) in [5.74, 6) is 0. The Morgan fingerprint density at radius 2 is 1.74 bits per heavy atom. The third-order valence-corrected chi connectivity index (χ3v) is 4.49. The Balaban J connectivity index is 1.91. The van der Waals surface area contributed by atoms with E-state index in [1.165, 1.54) is 51.4 Å². The Bertz CT molecular complexity index is 214. The highest BCUT2D eigenvalue weighted by Gasteiger charge is 2.30. The Morgan fingerprint density at radius 1 is 1.11 bits per heavy atom. The fourth-order valence-corrected chi connectivity index (χ4v) is 2.97. The van der Waals surface area contributed by atoms with Gasteiger partial charge in [-0.2, -0.15) is 0 Å². The minimum atomic E-state index is -0.179. The average Bonchev–Trinajstić information content (AvgIpc) is 2.90. The van der Waals surface area contributed by atoms with Crippen LogP contribution in [0.15, 0.2) is 0 Å². The van der Waals surface area contributed by atoms with Crippen LogP contribution in [0.5, 0.6) is 0 Å². The first kappa shape index (κ1) is 17.4. The quantitative estimate of drug-likeness (QED) is 0.457. The predicted octanol–water partition coefficient (Wildman–Crippen LogP) is 4.01.